The van der Waals surface area contributed by atoms with Gasteiger partial charge in [-0.25, -0.2) is 4.39 Å². The van der Waals surface area contributed by atoms with Crippen LogP contribution >= 0.6 is 0 Å². The van der Waals surface area contributed by atoms with Gasteiger partial charge in [-0.1, -0.05) is 26.0 Å². The Bertz CT molecular complexity index is 679. The van der Waals surface area contributed by atoms with Crippen LogP contribution in [0.2, 0.25) is 0 Å². The maximum absolute atomic E-state index is 14.2. The van der Waals surface area contributed by atoms with Gasteiger partial charge in [0.2, 0.25) is 0 Å². The average molecular weight is 285 g/mol. The zero-order chi connectivity index (χ0) is 15.0. The number of halogens is 1. The third-order valence-electron chi connectivity index (χ3n) is 4.02. The summed E-state index contributed by atoms with van der Waals surface area (Å²) in [7, 11) is 1.89. The van der Waals surface area contributed by atoms with Gasteiger partial charge in [0.15, 0.2) is 0 Å². The summed E-state index contributed by atoms with van der Waals surface area (Å²) in [6.07, 6.45) is 0. The molecule has 2 nitrogen and oxygen atoms in total. The molecule has 0 unspecified atom stereocenters. The molecule has 0 aromatic heterocycles. The third-order valence-corrected chi connectivity index (χ3v) is 4.02. The largest absolute Gasteiger partial charge is 0.492 e. The minimum absolute atomic E-state index is 0.0234. The lowest BCUT2D eigenvalue weighted by atomic mass is 9.85. The van der Waals surface area contributed by atoms with Gasteiger partial charge in [-0.05, 0) is 42.4 Å². The second kappa shape index (κ2) is 5.15. The van der Waals surface area contributed by atoms with Crippen LogP contribution in [0.4, 0.5) is 4.39 Å². The van der Waals surface area contributed by atoms with Gasteiger partial charge >= 0.3 is 0 Å². The molecule has 0 fully saturated rings. The molecule has 3 rings (SSSR count). The Morgan fingerprint density at radius 2 is 2.00 bits per heavy atom. The van der Waals surface area contributed by atoms with Crippen LogP contribution in [0.1, 0.15) is 25.0 Å². The van der Waals surface area contributed by atoms with Gasteiger partial charge < -0.3 is 10.1 Å². The summed E-state index contributed by atoms with van der Waals surface area (Å²) in [5.41, 5.74) is 3.75. The Kier molecular flexibility index (Phi) is 3.46. The Labute approximate surface area is 125 Å². The predicted molar refractivity (Wildman–Crippen MR) is 83.1 cm³/mol. The molecule has 2 aromatic rings. The van der Waals surface area contributed by atoms with Crippen LogP contribution in [-0.4, -0.2) is 13.7 Å². The minimum atomic E-state index is -0.188. The molecule has 0 atom stereocenters. The molecular weight excluding hydrogens is 265 g/mol. The van der Waals surface area contributed by atoms with E-state index in [1.165, 1.54) is 6.07 Å². The highest BCUT2D eigenvalue weighted by Gasteiger charge is 2.32. The second-order valence-electron chi connectivity index (χ2n) is 6.23. The van der Waals surface area contributed by atoms with Gasteiger partial charge in [0.05, 0.1) is 6.61 Å². The first kappa shape index (κ1) is 14.1. The summed E-state index contributed by atoms with van der Waals surface area (Å²) < 4.78 is 19.9. The van der Waals surface area contributed by atoms with Gasteiger partial charge in [-0.2, -0.15) is 0 Å². The summed E-state index contributed by atoms with van der Waals surface area (Å²) in [6, 6.07) is 11.2. The van der Waals surface area contributed by atoms with Crippen LogP contribution < -0.4 is 10.1 Å². The van der Waals surface area contributed by atoms with Crippen molar-refractivity contribution in [2.45, 2.75) is 25.8 Å². The predicted octanol–water partition coefficient (Wildman–Crippen LogP) is 3.88. The number of hydrogen-bond acceptors (Lipinski definition) is 2. The van der Waals surface area contributed by atoms with Crippen molar-refractivity contribution >= 4 is 0 Å². The van der Waals surface area contributed by atoms with E-state index in [0.29, 0.717) is 12.2 Å². The van der Waals surface area contributed by atoms with E-state index in [1.54, 1.807) is 0 Å². The van der Waals surface area contributed by atoms with Crippen molar-refractivity contribution in [3.8, 4) is 16.9 Å². The smallest absolute Gasteiger partial charge is 0.131 e. The first-order valence-electron chi connectivity index (χ1n) is 7.22. The Hall–Kier alpha value is -1.87. The molecule has 110 valence electrons. The lowest BCUT2D eigenvalue weighted by molar-refractivity contribution is 0.291. The molecule has 0 aliphatic carbocycles. The van der Waals surface area contributed by atoms with Crippen molar-refractivity contribution in [3.05, 3.63) is 53.3 Å². The molecule has 1 aliphatic heterocycles. The SMILES string of the molecule is CNCc1ccc(F)c(-c2ccc3c(c2)C(C)(C)CO3)c1. The summed E-state index contributed by atoms with van der Waals surface area (Å²) in [5.74, 6) is 0.724. The van der Waals surface area contributed by atoms with E-state index in [-0.39, 0.29) is 11.2 Å². The molecule has 0 saturated carbocycles. The molecule has 0 bridgehead atoms. The molecule has 0 amide bonds. The highest BCUT2D eigenvalue weighted by Crippen LogP contribution is 2.40. The number of ether oxygens (including phenoxy) is 1. The molecule has 3 heteroatoms. The quantitative estimate of drug-likeness (QED) is 0.924. The summed E-state index contributed by atoms with van der Waals surface area (Å²) in [4.78, 5) is 0. The van der Waals surface area contributed by atoms with Crippen molar-refractivity contribution in [3.63, 3.8) is 0 Å². The van der Waals surface area contributed by atoms with E-state index >= 15 is 0 Å². The van der Waals surface area contributed by atoms with Crippen LogP contribution in [0.5, 0.6) is 5.75 Å². The lowest BCUT2D eigenvalue weighted by Crippen LogP contribution is -2.18. The number of benzene rings is 2. The molecule has 0 radical (unpaired) electrons. The molecule has 2 aromatic carbocycles. The Morgan fingerprint density at radius 1 is 1.19 bits per heavy atom. The molecule has 1 heterocycles. The van der Waals surface area contributed by atoms with Crippen LogP contribution in [0, 0.1) is 5.82 Å². The number of hydrogen-bond donors (Lipinski definition) is 1. The first-order chi connectivity index (χ1) is 10.0. The highest BCUT2D eigenvalue weighted by molar-refractivity contribution is 5.68. The molecule has 0 saturated heterocycles. The molecule has 1 N–H and O–H groups in total. The lowest BCUT2D eigenvalue weighted by Gasteiger charge is -2.16. The van der Waals surface area contributed by atoms with E-state index in [9.17, 15) is 4.39 Å². The Balaban J connectivity index is 2.07. The van der Waals surface area contributed by atoms with Crippen LogP contribution in [0.15, 0.2) is 36.4 Å². The van der Waals surface area contributed by atoms with Crippen LogP contribution in [-0.2, 0) is 12.0 Å². The second-order valence-corrected chi connectivity index (χ2v) is 6.23. The fraction of sp³-hybridized carbons (Fsp3) is 0.333. The number of rotatable bonds is 3. The van der Waals surface area contributed by atoms with Gasteiger partial charge in [0, 0.05) is 23.1 Å². The minimum Gasteiger partial charge on any atom is -0.492 e. The van der Waals surface area contributed by atoms with Crippen molar-refractivity contribution in [2.24, 2.45) is 0 Å². The van der Waals surface area contributed by atoms with Crippen LogP contribution in [0.25, 0.3) is 11.1 Å². The normalized spacial score (nSPS) is 15.6. The number of fused-ring (bicyclic) bond motifs is 1. The average Bonchev–Trinajstić information content (AvgIpc) is 2.77. The van der Waals surface area contributed by atoms with Crippen molar-refractivity contribution in [1.82, 2.24) is 5.32 Å². The molecule has 0 spiro atoms. The summed E-state index contributed by atoms with van der Waals surface area (Å²) in [6.45, 7) is 5.70. The summed E-state index contributed by atoms with van der Waals surface area (Å²) in [5, 5.41) is 3.09. The standard InChI is InChI=1S/C18H20FNO/c1-18(2)11-21-17-7-5-13(9-15(17)18)14-8-12(10-20-3)4-6-16(14)19/h4-9,20H,10-11H2,1-3H3. The monoisotopic (exact) mass is 285 g/mol. The first-order valence-corrected chi connectivity index (χ1v) is 7.22. The van der Waals surface area contributed by atoms with Crippen molar-refractivity contribution in [1.29, 1.82) is 0 Å². The zero-order valence-electron chi connectivity index (χ0n) is 12.7. The summed E-state index contributed by atoms with van der Waals surface area (Å²) >= 11 is 0. The zero-order valence-corrected chi connectivity index (χ0v) is 12.7. The third kappa shape index (κ3) is 2.54. The Morgan fingerprint density at radius 3 is 2.76 bits per heavy atom. The van der Waals surface area contributed by atoms with Crippen molar-refractivity contribution < 1.29 is 9.13 Å². The number of nitrogens with one attached hydrogen (secondary N) is 1. The van der Waals surface area contributed by atoms with E-state index in [4.69, 9.17) is 4.74 Å². The van der Waals surface area contributed by atoms with Gasteiger partial charge in [-0.3, -0.25) is 0 Å². The van der Waals surface area contributed by atoms with Gasteiger partial charge in [0.1, 0.15) is 11.6 Å². The van der Waals surface area contributed by atoms with E-state index in [2.05, 4.69) is 25.2 Å². The van der Waals surface area contributed by atoms with E-state index in [1.807, 2.05) is 31.3 Å². The fourth-order valence-corrected chi connectivity index (χ4v) is 2.80. The molecular formula is C18H20FNO. The van der Waals surface area contributed by atoms with Crippen molar-refractivity contribution in [2.75, 3.05) is 13.7 Å². The molecule has 1 aliphatic rings. The van der Waals surface area contributed by atoms with Crippen LogP contribution in [0.3, 0.4) is 0 Å². The van der Waals surface area contributed by atoms with E-state index < -0.39 is 0 Å². The fourth-order valence-electron chi connectivity index (χ4n) is 2.80. The van der Waals surface area contributed by atoms with Gasteiger partial charge in [0.25, 0.3) is 0 Å². The maximum atomic E-state index is 14.2. The van der Waals surface area contributed by atoms with E-state index in [0.717, 1.165) is 29.0 Å². The highest BCUT2D eigenvalue weighted by atomic mass is 19.1. The maximum Gasteiger partial charge on any atom is 0.131 e. The topological polar surface area (TPSA) is 21.3 Å². The molecule has 21 heavy (non-hydrogen) atoms. The van der Waals surface area contributed by atoms with Gasteiger partial charge in [-0.15, -0.1) is 0 Å².